The Hall–Kier alpha value is -0.0900. The van der Waals surface area contributed by atoms with Crippen molar-refractivity contribution in [2.24, 2.45) is 0 Å². The summed E-state index contributed by atoms with van der Waals surface area (Å²) in [6, 6.07) is 0. The lowest BCUT2D eigenvalue weighted by Gasteiger charge is -1.71. The Balaban J connectivity index is 2.79. The molecular weight excluding hydrogens is 92.1 g/mol. The zero-order valence-electron chi connectivity index (χ0n) is 3.82. The van der Waals surface area contributed by atoms with Crippen LogP contribution in [0.2, 0.25) is 0 Å². The molecule has 0 aromatic rings. The summed E-state index contributed by atoms with van der Waals surface area (Å²) in [6.07, 6.45) is 0. The van der Waals surface area contributed by atoms with E-state index in [1.807, 2.05) is 0 Å². The van der Waals surface area contributed by atoms with Gasteiger partial charge in [0.1, 0.15) is 0 Å². The van der Waals surface area contributed by atoms with E-state index in [4.69, 9.17) is 0 Å². The Morgan fingerprint density at radius 2 is 2.50 bits per heavy atom. The summed E-state index contributed by atoms with van der Waals surface area (Å²) in [4.78, 5) is 0. The summed E-state index contributed by atoms with van der Waals surface area (Å²) in [5, 5.41) is 2.75. The Labute approximate surface area is 43.3 Å². The molecule has 0 aromatic carbocycles. The van der Waals surface area contributed by atoms with Crippen LogP contribution in [0.4, 0.5) is 0 Å². The monoisotopic (exact) mass is 99.0 g/mol. The maximum atomic E-state index is 3.34. The fraction of sp³-hybridized carbons (Fsp3) is 0.400. The lowest BCUT2D eigenvalue weighted by atomic mass is 10.8. The van der Waals surface area contributed by atoms with Gasteiger partial charge in [-0.1, -0.05) is 24.6 Å². The second kappa shape index (κ2) is 4.91. The molecule has 0 aliphatic carbocycles. The molecular formula is C5H7S. The van der Waals surface area contributed by atoms with Gasteiger partial charge in [-0.05, 0) is 5.25 Å². The molecule has 0 nitrogen and oxygen atoms in total. The van der Waals surface area contributed by atoms with Crippen LogP contribution in [0, 0.1) is 18.1 Å². The van der Waals surface area contributed by atoms with Crippen LogP contribution < -0.4 is 0 Å². The molecule has 0 saturated carbocycles. The molecule has 0 bridgehead atoms. The van der Waals surface area contributed by atoms with Crippen molar-refractivity contribution in [3.8, 4) is 11.2 Å². The van der Waals surface area contributed by atoms with Crippen molar-refractivity contribution >= 4 is 11.8 Å². The SMILES string of the molecule is [CH2]C#CSCC. The molecule has 6 heavy (non-hydrogen) atoms. The molecule has 0 atom stereocenters. The molecule has 0 aliphatic rings. The van der Waals surface area contributed by atoms with Gasteiger partial charge in [-0.3, -0.25) is 0 Å². The van der Waals surface area contributed by atoms with E-state index < -0.39 is 0 Å². The molecule has 0 saturated heterocycles. The standard InChI is InChI=1S/C5H7S/c1-3-5-6-4-2/h1,4H2,2H3. The van der Waals surface area contributed by atoms with Gasteiger partial charge in [0, 0.05) is 12.7 Å². The van der Waals surface area contributed by atoms with E-state index in [1.165, 1.54) is 0 Å². The normalized spacial score (nSPS) is 6.33. The highest BCUT2D eigenvalue weighted by Gasteiger charge is 1.63. The van der Waals surface area contributed by atoms with Crippen LogP contribution in [0.1, 0.15) is 6.92 Å². The highest BCUT2D eigenvalue weighted by molar-refractivity contribution is 8.03. The largest absolute Gasteiger partial charge is 0.0903 e. The van der Waals surface area contributed by atoms with Crippen LogP contribution >= 0.6 is 11.8 Å². The average molecular weight is 99.2 g/mol. The summed E-state index contributed by atoms with van der Waals surface area (Å²) in [7, 11) is 0. The molecule has 0 spiro atoms. The number of hydrogen-bond donors (Lipinski definition) is 0. The molecule has 0 N–H and O–H groups in total. The maximum Gasteiger partial charge on any atom is 0.0208 e. The van der Waals surface area contributed by atoms with Gasteiger partial charge < -0.3 is 0 Å². The average Bonchev–Trinajstić information content (AvgIpc) is 1.61. The van der Waals surface area contributed by atoms with Crippen LogP contribution in [-0.2, 0) is 0 Å². The van der Waals surface area contributed by atoms with Crippen molar-refractivity contribution in [1.29, 1.82) is 0 Å². The minimum atomic E-state index is 1.06. The zero-order valence-corrected chi connectivity index (χ0v) is 4.64. The molecule has 33 valence electrons. The number of rotatable bonds is 1. The van der Waals surface area contributed by atoms with Crippen LogP contribution in [-0.4, -0.2) is 5.75 Å². The van der Waals surface area contributed by atoms with E-state index >= 15 is 0 Å². The van der Waals surface area contributed by atoms with E-state index in [9.17, 15) is 0 Å². The predicted molar refractivity (Wildman–Crippen MR) is 31.3 cm³/mol. The van der Waals surface area contributed by atoms with Crippen molar-refractivity contribution in [2.45, 2.75) is 6.92 Å². The molecule has 0 fully saturated rings. The minimum Gasteiger partial charge on any atom is -0.0903 e. The van der Waals surface area contributed by atoms with E-state index in [1.54, 1.807) is 11.8 Å². The molecule has 0 aliphatic heterocycles. The van der Waals surface area contributed by atoms with Crippen LogP contribution in [0.3, 0.4) is 0 Å². The lowest BCUT2D eigenvalue weighted by molar-refractivity contribution is 1.54. The van der Waals surface area contributed by atoms with E-state index in [0.29, 0.717) is 0 Å². The third-order valence-corrected chi connectivity index (χ3v) is 0.866. The van der Waals surface area contributed by atoms with Crippen molar-refractivity contribution in [2.75, 3.05) is 5.75 Å². The summed E-state index contributed by atoms with van der Waals surface area (Å²) < 4.78 is 0. The van der Waals surface area contributed by atoms with E-state index in [-0.39, 0.29) is 0 Å². The quantitative estimate of drug-likeness (QED) is 0.449. The van der Waals surface area contributed by atoms with Crippen molar-refractivity contribution in [1.82, 2.24) is 0 Å². The topological polar surface area (TPSA) is 0 Å². The van der Waals surface area contributed by atoms with Gasteiger partial charge in [0.2, 0.25) is 0 Å². The molecule has 0 aromatic heterocycles. The number of thioether (sulfide) groups is 1. The summed E-state index contributed by atoms with van der Waals surface area (Å²) in [5.74, 6) is 3.59. The van der Waals surface area contributed by atoms with E-state index in [0.717, 1.165) is 5.75 Å². The van der Waals surface area contributed by atoms with Crippen molar-refractivity contribution < 1.29 is 0 Å². The second-order valence-electron chi connectivity index (χ2n) is 0.712. The molecule has 1 heteroatoms. The second-order valence-corrected chi connectivity index (χ2v) is 1.78. The molecule has 1 radical (unpaired) electrons. The third kappa shape index (κ3) is 3.91. The van der Waals surface area contributed by atoms with Gasteiger partial charge in [-0.2, -0.15) is 0 Å². The Morgan fingerprint density at radius 1 is 1.83 bits per heavy atom. The van der Waals surface area contributed by atoms with E-state index in [2.05, 4.69) is 25.0 Å². The maximum absolute atomic E-state index is 3.34. The minimum absolute atomic E-state index is 1.06. The third-order valence-electron chi connectivity index (χ3n) is 0.289. The first kappa shape index (κ1) is 5.91. The van der Waals surface area contributed by atoms with Crippen LogP contribution in [0.15, 0.2) is 0 Å². The zero-order chi connectivity index (χ0) is 4.83. The van der Waals surface area contributed by atoms with Crippen molar-refractivity contribution in [3.05, 3.63) is 6.92 Å². The first-order valence-electron chi connectivity index (χ1n) is 1.80. The first-order valence-corrected chi connectivity index (χ1v) is 2.79. The van der Waals surface area contributed by atoms with Gasteiger partial charge in [-0.15, -0.1) is 0 Å². The van der Waals surface area contributed by atoms with Gasteiger partial charge in [-0.25, -0.2) is 0 Å². The highest BCUT2D eigenvalue weighted by atomic mass is 32.2. The van der Waals surface area contributed by atoms with Crippen LogP contribution in [0.25, 0.3) is 0 Å². The summed E-state index contributed by atoms with van der Waals surface area (Å²) in [5.41, 5.74) is 0. The Kier molecular flexibility index (Phi) is 4.84. The van der Waals surface area contributed by atoms with Gasteiger partial charge in [0.05, 0.1) is 0 Å². The smallest absolute Gasteiger partial charge is 0.0208 e. The van der Waals surface area contributed by atoms with Gasteiger partial charge in [0.15, 0.2) is 0 Å². The predicted octanol–water partition coefficient (Wildman–Crippen LogP) is 1.53. The first-order chi connectivity index (χ1) is 2.91. The Morgan fingerprint density at radius 3 is 2.67 bits per heavy atom. The molecule has 0 amide bonds. The number of hydrogen-bond acceptors (Lipinski definition) is 1. The summed E-state index contributed by atoms with van der Waals surface area (Å²) in [6.45, 7) is 5.41. The highest BCUT2D eigenvalue weighted by Crippen LogP contribution is 1.90. The van der Waals surface area contributed by atoms with Gasteiger partial charge in [0.25, 0.3) is 0 Å². The molecule has 0 rings (SSSR count). The summed E-state index contributed by atoms with van der Waals surface area (Å²) >= 11 is 1.58. The lowest BCUT2D eigenvalue weighted by Crippen LogP contribution is -1.54. The fourth-order valence-corrected chi connectivity index (χ4v) is 0.370. The van der Waals surface area contributed by atoms with Gasteiger partial charge >= 0.3 is 0 Å². The fourth-order valence-electron chi connectivity index (χ4n) is 0.123. The molecule has 0 heterocycles. The van der Waals surface area contributed by atoms with Crippen molar-refractivity contribution in [3.63, 3.8) is 0 Å². The molecule has 0 unspecified atom stereocenters. The van der Waals surface area contributed by atoms with Crippen LogP contribution in [0.5, 0.6) is 0 Å². The Bertz CT molecular complexity index is 65.7.